The molecule has 9 heteroatoms. The fraction of sp³-hybridized carbons (Fsp3) is 0.300. The maximum Gasteiger partial charge on any atom is 0.261 e. The summed E-state index contributed by atoms with van der Waals surface area (Å²) in [5.74, 6) is 1.52. The van der Waals surface area contributed by atoms with Crippen molar-refractivity contribution in [1.82, 2.24) is 15.7 Å². The summed E-state index contributed by atoms with van der Waals surface area (Å²) >= 11 is 7.12. The van der Waals surface area contributed by atoms with Gasteiger partial charge in [0.25, 0.3) is 5.91 Å². The average molecular weight is 433 g/mol. The highest BCUT2D eigenvalue weighted by molar-refractivity contribution is 7.18. The zero-order chi connectivity index (χ0) is 20.4. The number of carbonyl (C=O) groups excluding carboxylic acids is 1. The Balaban J connectivity index is 1.45. The van der Waals surface area contributed by atoms with E-state index in [0.29, 0.717) is 15.8 Å². The number of amidine groups is 1. The van der Waals surface area contributed by atoms with Gasteiger partial charge in [-0.2, -0.15) is 0 Å². The second-order valence-corrected chi connectivity index (χ2v) is 8.41. The summed E-state index contributed by atoms with van der Waals surface area (Å²) < 4.78 is 6.18. The highest BCUT2D eigenvalue weighted by Crippen LogP contribution is 2.29. The van der Waals surface area contributed by atoms with Gasteiger partial charge in [-0.3, -0.25) is 20.1 Å². The Morgan fingerprint density at radius 1 is 1.45 bits per heavy atom. The third kappa shape index (κ3) is 4.24. The van der Waals surface area contributed by atoms with Crippen LogP contribution in [0.3, 0.4) is 0 Å². The molecule has 1 unspecified atom stereocenters. The van der Waals surface area contributed by atoms with Gasteiger partial charge in [-0.25, -0.2) is 0 Å². The fourth-order valence-corrected chi connectivity index (χ4v) is 4.21. The number of nitrogens with zero attached hydrogens (tertiary/aromatic N) is 2. The molecule has 0 aliphatic carbocycles. The van der Waals surface area contributed by atoms with Crippen LogP contribution < -0.4 is 15.5 Å². The molecule has 4 rings (SSSR count). The second kappa shape index (κ2) is 8.44. The Bertz CT molecular complexity index is 988. The van der Waals surface area contributed by atoms with Crippen molar-refractivity contribution in [1.29, 1.82) is 0 Å². The molecule has 0 spiro atoms. The van der Waals surface area contributed by atoms with E-state index in [1.165, 1.54) is 11.3 Å². The first kappa shape index (κ1) is 19.8. The van der Waals surface area contributed by atoms with Gasteiger partial charge >= 0.3 is 0 Å². The van der Waals surface area contributed by atoms with Crippen LogP contribution in [-0.4, -0.2) is 56.5 Å². The molecule has 0 radical (unpaired) electrons. The first-order chi connectivity index (χ1) is 14.0. The van der Waals surface area contributed by atoms with E-state index in [9.17, 15) is 4.79 Å². The number of rotatable bonds is 6. The number of aliphatic imine (C=N–C) groups is 1. The zero-order valence-electron chi connectivity index (χ0n) is 16.1. The number of thiophene rings is 1. The number of carbonyl (C=O) groups is 1. The van der Waals surface area contributed by atoms with Crippen LogP contribution in [0.15, 0.2) is 41.4 Å². The Hall–Kier alpha value is -2.55. The Kier molecular flexibility index (Phi) is 5.75. The van der Waals surface area contributed by atoms with E-state index in [2.05, 4.69) is 20.7 Å². The largest absolute Gasteiger partial charge is 0.496 e. The monoisotopic (exact) mass is 432 g/mol. The number of amides is 1. The molecule has 0 fully saturated rings. The number of hydroxylamine groups is 1. The lowest BCUT2D eigenvalue weighted by Gasteiger charge is -2.16. The molecule has 152 valence electrons. The van der Waals surface area contributed by atoms with Crippen molar-refractivity contribution in [3.05, 3.63) is 56.7 Å². The van der Waals surface area contributed by atoms with Gasteiger partial charge in [0.1, 0.15) is 17.7 Å². The third-order valence-corrected chi connectivity index (χ3v) is 5.97. The highest BCUT2D eigenvalue weighted by Gasteiger charge is 2.23. The number of ether oxygens (including phenoxy) is 1. The van der Waals surface area contributed by atoms with Gasteiger partial charge in [0.15, 0.2) is 0 Å². The number of hydrogen-bond donors (Lipinski definition) is 2. The van der Waals surface area contributed by atoms with Crippen molar-refractivity contribution < 1.29 is 14.4 Å². The Labute approximate surface area is 177 Å². The van der Waals surface area contributed by atoms with Gasteiger partial charge < -0.3 is 15.0 Å². The molecule has 2 aromatic rings. The molecule has 2 N–H and O–H groups in total. The first-order valence-electron chi connectivity index (χ1n) is 9.16. The number of methoxy groups -OCH3 is 1. The number of hydrogen-bond acceptors (Lipinski definition) is 7. The molecule has 0 saturated heterocycles. The van der Waals surface area contributed by atoms with Crippen LogP contribution in [-0.2, 0) is 4.84 Å². The van der Waals surface area contributed by atoms with Crippen LogP contribution in [0.4, 0.5) is 0 Å². The molecule has 1 atom stereocenters. The fourth-order valence-electron chi connectivity index (χ4n) is 3.25. The number of benzene rings is 1. The molecule has 7 nitrogen and oxygen atoms in total. The minimum Gasteiger partial charge on any atom is -0.496 e. The summed E-state index contributed by atoms with van der Waals surface area (Å²) in [4.78, 5) is 25.0. The van der Waals surface area contributed by atoms with Gasteiger partial charge in [0.05, 0.1) is 35.1 Å². The maximum absolute atomic E-state index is 12.2. The van der Waals surface area contributed by atoms with E-state index in [1.54, 1.807) is 19.2 Å². The highest BCUT2D eigenvalue weighted by atomic mass is 35.5. The average Bonchev–Trinajstić information content (AvgIpc) is 3.47. The minimum atomic E-state index is -0.292. The summed E-state index contributed by atoms with van der Waals surface area (Å²) in [6.45, 7) is 2.07. The minimum absolute atomic E-state index is 0.171. The van der Waals surface area contributed by atoms with Crippen molar-refractivity contribution in [3.8, 4) is 5.75 Å². The molecule has 1 aromatic heterocycles. The lowest BCUT2D eigenvalue weighted by molar-refractivity contribution is 0.0499. The molecule has 0 saturated carbocycles. The SMILES string of the molecule is COc1cc(C2=NCCN2C)ccc1C1=CC(CNC(=O)c2ccc(Cl)s2)ON1. The van der Waals surface area contributed by atoms with Gasteiger partial charge in [-0.15, -0.1) is 11.3 Å². The molecule has 2 aliphatic rings. The van der Waals surface area contributed by atoms with Crippen LogP contribution in [0.5, 0.6) is 5.75 Å². The summed E-state index contributed by atoms with van der Waals surface area (Å²) in [6.07, 6.45) is 1.64. The van der Waals surface area contributed by atoms with Crippen LogP contribution >= 0.6 is 22.9 Å². The van der Waals surface area contributed by atoms with Crippen molar-refractivity contribution in [2.75, 3.05) is 33.8 Å². The van der Waals surface area contributed by atoms with Crippen LogP contribution in [0.25, 0.3) is 5.70 Å². The van der Waals surface area contributed by atoms with Crippen LogP contribution in [0.2, 0.25) is 4.34 Å². The smallest absolute Gasteiger partial charge is 0.261 e. The normalized spacial score (nSPS) is 18.3. The summed E-state index contributed by atoms with van der Waals surface area (Å²) in [5, 5.41) is 2.86. The van der Waals surface area contributed by atoms with E-state index in [-0.39, 0.29) is 12.0 Å². The predicted molar refractivity (Wildman–Crippen MR) is 115 cm³/mol. The molecule has 29 heavy (non-hydrogen) atoms. The maximum atomic E-state index is 12.2. The van der Waals surface area contributed by atoms with Crippen molar-refractivity contribution in [2.45, 2.75) is 6.10 Å². The standard InChI is InChI=1S/C20H21ClN4O3S/c1-25-8-7-22-19(25)12-3-4-14(16(9-12)27-2)15-10-13(28-24-15)11-23-20(26)17-5-6-18(21)29-17/h3-6,9-10,13,24H,7-8,11H2,1-2H3,(H,23,26). The number of likely N-dealkylation sites (N-methyl/N-ethyl adjacent to an activating group) is 1. The van der Waals surface area contributed by atoms with Gasteiger partial charge in [-0.05, 0) is 30.3 Å². The molecule has 1 aromatic carbocycles. The molecule has 1 amide bonds. The van der Waals surface area contributed by atoms with Crippen molar-refractivity contribution in [3.63, 3.8) is 0 Å². The van der Waals surface area contributed by atoms with Gasteiger partial charge in [0, 0.05) is 24.7 Å². The Morgan fingerprint density at radius 3 is 3.00 bits per heavy atom. The quantitative estimate of drug-likeness (QED) is 0.734. The van der Waals surface area contributed by atoms with Crippen molar-refractivity contribution in [2.24, 2.45) is 4.99 Å². The topological polar surface area (TPSA) is 75.2 Å². The van der Waals surface area contributed by atoms with E-state index >= 15 is 0 Å². The zero-order valence-corrected chi connectivity index (χ0v) is 17.6. The van der Waals surface area contributed by atoms with Crippen LogP contribution in [0.1, 0.15) is 20.8 Å². The van der Waals surface area contributed by atoms with Gasteiger partial charge in [0.2, 0.25) is 0 Å². The van der Waals surface area contributed by atoms with E-state index in [4.69, 9.17) is 21.2 Å². The summed E-state index contributed by atoms with van der Waals surface area (Å²) in [5.41, 5.74) is 5.64. The molecular formula is C20H21ClN4O3S. The van der Waals surface area contributed by atoms with Gasteiger partial charge in [-0.1, -0.05) is 17.7 Å². The third-order valence-electron chi connectivity index (χ3n) is 4.74. The predicted octanol–water partition coefficient (Wildman–Crippen LogP) is 2.78. The Morgan fingerprint density at radius 2 is 2.31 bits per heavy atom. The lowest BCUT2D eigenvalue weighted by atomic mass is 10.1. The van der Waals surface area contributed by atoms with Crippen molar-refractivity contribution >= 4 is 40.4 Å². The van der Waals surface area contributed by atoms with E-state index < -0.39 is 0 Å². The molecular weight excluding hydrogens is 412 g/mol. The van der Waals surface area contributed by atoms with E-state index in [1.807, 2.05) is 31.3 Å². The number of nitrogens with one attached hydrogen (secondary N) is 2. The lowest BCUT2D eigenvalue weighted by Crippen LogP contribution is -2.31. The van der Waals surface area contributed by atoms with Crippen LogP contribution in [0, 0.1) is 0 Å². The second-order valence-electron chi connectivity index (χ2n) is 6.69. The first-order valence-corrected chi connectivity index (χ1v) is 10.4. The summed E-state index contributed by atoms with van der Waals surface area (Å²) in [7, 11) is 3.67. The molecule has 3 heterocycles. The molecule has 0 bridgehead atoms. The van der Waals surface area contributed by atoms with E-state index in [0.717, 1.165) is 41.5 Å². The summed E-state index contributed by atoms with van der Waals surface area (Å²) in [6, 6.07) is 9.40. The number of halogens is 1. The molecule has 2 aliphatic heterocycles.